The molecule has 16 heavy (non-hydrogen) atoms. The van der Waals surface area contributed by atoms with Gasteiger partial charge in [0.25, 0.3) is 0 Å². The third-order valence-electron chi connectivity index (χ3n) is 3.78. The highest BCUT2D eigenvalue weighted by atomic mass is 16.1. The van der Waals surface area contributed by atoms with Crippen molar-refractivity contribution in [3.8, 4) is 0 Å². The molecule has 4 nitrogen and oxygen atoms in total. The predicted molar refractivity (Wildman–Crippen MR) is 64.0 cm³/mol. The second-order valence-corrected chi connectivity index (χ2v) is 5.22. The third kappa shape index (κ3) is 2.74. The summed E-state index contributed by atoms with van der Waals surface area (Å²) in [4.78, 5) is 14.2. The maximum atomic E-state index is 11.7. The van der Waals surface area contributed by atoms with Gasteiger partial charge in [-0.3, -0.25) is 9.69 Å². The van der Waals surface area contributed by atoms with Crippen molar-refractivity contribution in [3.05, 3.63) is 0 Å². The average Bonchev–Trinajstić information content (AvgIpc) is 2.80. The van der Waals surface area contributed by atoms with Crippen LogP contribution in [-0.4, -0.2) is 42.0 Å². The second-order valence-electron chi connectivity index (χ2n) is 5.22. The molecule has 3 atom stereocenters. The molecule has 0 saturated carbocycles. The Morgan fingerprint density at radius 2 is 2.31 bits per heavy atom. The number of hydrogen-bond donors (Lipinski definition) is 2. The van der Waals surface area contributed by atoms with E-state index in [1.165, 1.54) is 19.4 Å². The van der Waals surface area contributed by atoms with Crippen LogP contribution in [0.1, 0.15) is 39.0 Å². The lowest BCUT2D eigenvalue weighted by molar-refractivity contribution is -0.122. The van der Waals surface area contributed by atoms with E-state index in [2.05, 4.69) is 10.2 Å². The summed E-state index contributed by atoms with van der Waals surface area (Å²) >= 11 is 0. The maximum Gasteiger partial charge on any atom is 0.220 e. The van der Waals surface area contributed by atoms with Gasteiger partial charge in [0, 0.05) is 31.1 Å². The minimum Gasteiger partial charge on any atom is -0.352 e. The lowest BCUT2D eigenvalue weighted by Gasteiger charge is -2.21. The number of fused-ring (bicyclic) bond motifs is 1. The lowest BCUT2D eigenvalue weighted by Crippen LogP contribution is -2.42. The van der Waals surface area contributed by atoms with E-state index in [4.69, 9.17) is 5.73 Å². The van der Waals surface area contributed by atoms with Crippen molar-refractivity contribution < 1.29 is 4.79 Å². The maximum absolute atomic E-state index is 11.7. The molecule has 0 aromatic carbocycles. The molecule has 0 aromatic rings. The molecule has 0 bridgehead atoms. The normalized spacial score (nSPS) is 31.4. The summed E-state index contributed by atoms with van der Waals surface area (Å²) in [5.74, 6) is 0.177. The number of carbonyl (C=O) groups excluding carboxylic acids is 1. The van der Waals surface area contributed by atoms with Crippen LogP contribution in [0.3, 0.4) is 0 Å². The fourth-order valence-corrected chi connectivity index (χ4v) is 2.89. The van der Waals surface area contributed by atoms with Gasteiger partial charge in [0.15, 0.2) is 0 Å². The summed E-state index contributed by atoms with van der Waals surface area (Å²) < 4.78 is 0. The fourth-order valence-electron chi connectivity index (χ4n) is 2.89. The highest BCUT2D eigenvalue weighted by Crippen LogP contribution is 2.27. The van der Waals surface area contributed by atoms with Crippen molar-refractivity contribution in [3.63, 3.8) is 0 Å². The molecule has 2 rings (SSSR count). The molecule has 0 aliphatic carbocycles. The Morgan fingerprint density at radius 3 is 3.06 bits per heavy atom. The number of carbonyl (C=O) groups is 1. The van der Waals surface area contributed by atoms with Gasteiger partial charge < -0.3 is 11.1 Å². The summed E-state index contributed by atoms with van der Waals surface area (Å²) in [5, 5.41) is 3.17. The number of hydrogen-bond acceptors (Lipinski definition) is 3. The number of nitrogens with two attached hydrogens (primary N) is 1. The summed E-state index contributed by atoms with van der Waals surface area (Å²) in [6, 6.07) is 1.12. The largest absolute Gasteiger partial charge is 0.352 e. The van der Waals surface area contributed by atoms with E-state index >= 15 is 0 Å². The zero-order chi connectivity index (χ0) is 11.5. The Balaban J connectivity index is 1.75. The molecule has 92 valence electrons. The number of nitrogens with zero attached hydrogens (tertiary/aromatic N) is 1. The molecule has 2 heterocycles. The smallest absolute Gasteiger partial charge is 0.220 e. The minimum absolute atomic E-state index is 0.123. The predicted octanol–water partition coefficient (Wildman–Crippen LogP) is 0.467. The standard InChI is InChI=1S/C12H23N3O/c1-9(13)4-5-12(16)14-10-6-8-15-7-2-3-11(10)15/h9-11H,2-8,13H2,1H3,(H,14,16). The van der Waals surface area contributed by atoms with Crippen molar-refractivity contribution in [2.24, 2.45) is 5.73 Å². The zero-order valence-electron chi connectivity index (χ0n) is 10.1. The van der Waals surface area contributed by atoms with Gasteiger partial charge in [-0.15, -0.1) is 0 Å². The van der Waals surface area contributed by atoms with Gasteiger partial charge in [-0.2, -0.15) is 0 Å². The van der Waals surface area contributed by atoms with Crippen LogP contribution in [0.5, 0.6) is 0 Å². The Kier molecular flexibility index (Phi) is 3.82. The van der Waals surface area contributed by atoms with Gasteiger partial charge in [0.1, 0.15) is 0 Å². The first-order chi connectivity index (χ1) is 7.66. The Bertz CT molecular complexity index is 255. The molecule has 3 N–H and O–H groups in total. The number of rotatable bonds is 4. The highest BCUT2D eigenvalue weighted by Gasteiger charge is 2.37. The van der Waals surface area contributed by atoms with Crippen molar-refractivity contribution in [1.29, 1.82) is 0 Å². The van der Waals surface area contributed by atoms with E-state index < -0.39 is 0 Å². The first-order valence-corrected chi connectivity index (χ1v) is 6.46. The van der Waals surface area contributed by atoms with E-state index in [1.54, 1.807) is 0 Å². The summed E-state index contributed by atoms with van der Waals surface area (Å²) in [7, 11) is 0. The van der Waals surface area contributed by atoms with Gasteiger partial charge in [0.05, 0.1) is 0 Å². The number of nitrogens with one attached hydrogen (secondary N) is 1. The van der Waals surface area contributed by atoms with Crippen LogP contribution >= 0.6 is 0 Å². The van der Waals surface area contributed by atoms with Crippen LogP contribution in [0.15, 0.2) is 0 Å². The van der Waals surface area contributed by atoms with Crippen molar-refractivity contribution in [2.75, 3.05) is 13.1 Å². The van der Waals surface area contributed by atoms with Crippen LogP contribution in [0.4, 0.5) is 0 Å². The molecular weight excluding hydrogens is 202 g/mol. The van der Waals surface area contributed by atoms with Crippen LogP contribution in [-0.2, 0) is 4.79 Å². The summed E-state index contributed by atoms with van der Waals surface area (Å²) in [6.45, 7) is 4.32. The summed E-state index contributed by atoms with van der Waals surface area (Å²) in [5.41, 5.74) is 5.65. The molecule has 0 spiro atoms. The molecule has 3 unspecified atom stereocenters. The van der Waals surface area contributed by atoms with Crippen LogP contribution in [0.2, 0.25) is 0 Å². The fraction of sp³-hybridized carbons (Fsp3) is 0.917. The van der Waals surface area contributed by atoms with Crippen molar-refractivity contribution in [1.82, 2.24) is 10.2 Å². The van der Waals surface area contributed by atoms with E-state index in [1.807, 2.05) is 6.92 Å². The Hall–Kier alpha value is -0.610. The van der Waals surface area contributed by atoms with E-state index in [-0.39, 0.29) is 11.9 Å². The SMILES string of the molecule is CC(N)CCC(=O)NC1CCN2CCCC12. The first-order valence-electron chi connectivity index (χ1n) is 6.46. The van der Waals surface area contributed by atoms with Crippen LogP contribution in [0.25, 0.3) is 0 Å². The third-order valence-corrected chi connectivity index (χ3v) is 3.78. The van der Waals surface area contributed by atoms with Crippen LogP contribution < -0.4 is 11.1 Å². The Labute approximate surface area is 97.6 Å². The zero-order valence-corrected chi connectivity index (χ0v) is 10.1. The molecular formula is C12H23N3O. The Morgan fingerprint density at radius 1 is 1.50 bits per heavy atom. The molecule has 2 saturated heterocycles. The molecule has 0 aromatic heterocycles. The van der Waals surface area contributed by atoms with E-state index in [0.717, 1.165) is 19.4 Å². The van der Waals surface area contributed by atoms with Crippen molar-refractivity contribution >= 4 is 5.91 Å². The molecule has 4 heteroatoms. The van der Waals surface area contributed by atoms with Gasteiger partial charge in [0.2, 0.25) is 5.91 Å². The van der Waals surface area contributed by atoms with Gasteiger partial charge in [-0.1, -0.05) is 0 Å². The average molecular weight is 225 g/mol. The molecule has 2 aliphatic heterocycles. The van der Waals surface area contributed by atoms with Gasteiger partial charge in [-0.05, 0) is 39.2 Å². The van der Waals surface area contributed by atoms with E-state index in [9.17, 15) is 4.79 Å². The summed E-state index contributed by atoms with van der Waals surface area (Å²) in [6.07, 6.45) is 5.01. The van der Waals surface area contributed by atoms with Crippen LogP contribution in [0, 0.1) is 0 Å². The van der Waals surface area contributed by atoms with Gasteiger partial charge >= 0.3 is 0 Å². The highest BCUT2D eigenvalue weighted by molar-refractivity contribution is 5.76. The quantitative estimate of drug-likeness (QED) is 0.731. The van der Waals surface area contributed by atoms with Gasteiger partial charge in [-0.25, -0.2) is 0 Å². The second kappa shape index (κ2) is 5.15. The lowest BCUT2D eigenvalue weighted by atomic mass is 10.1. The molecule has 2 fully saturated rings. The topological polar surface area (TPSA) is 58.4 Å². The molecule has 0 radical (unpaired) electrons. The van der Waals surface area contributed by atoms with Crippen molar-refractivity contribution in [2.45, 2.75) is 57.2 Å². The molecule has 2 aliphatic rings. The number of amides is 1. The molecule has 1 amide bonds. The first kappa shape index (κ1) is 11.9. The van der Waals surface area contributed by atoms with E-state index in [0.29, 0.717) is 18.5 Å². The minimum atomic E-state index is 0.123. The monoisotopic (exact) mass is 225 g/mol.